The lowest BCUT2D eigenvalue weighted by molar-refractivity contribution is -0.137. The quantitative estimate of drug-likeness (QED) is 0.716. The van der Waals surface area contributed by atoms with Crippen molar-refractivity contribution in [3.63, 3.8) is 0 Å². The number of hydrogen-bond acceptors (Lipinski definition) is 3. The van der Waals surface area contributed by atoms with Gasteiger partial charge >= 0.3 is 6.18 Å². The number of benzene rings is 1. The highest BCUT2D eigenvalue weighted by Crippen LogP contribution is 2.29. The summed E-state index contributed by atoms with van der Waals surface area (Å²) < 4.78 is 52.9. The lowest BCUT2D eigenvalue weighted by Crippen LogP contribution is -2.24. The molecule has 0 atom stereocenters. The summed E-state index contributed by atoms with van der Waals surface area (Å²) in [5.74, 6) is -1.28. The van der Waals surface area contributed by atoms with Crippen LogP contribution in [-0.2, 0) is 12.7 Å². The fourth-order valence-corrected chi connectivity index (χ4v) is 2.24. The minimum atomic E-state index is -4.51. The minimum absolute atomic E-state index is 0.0201. The molecule has 0 aliphatic carbocycles. The highest BCUT2D eigenvalue weighted by atomic mass is 35.5. The van der Waals surface area contributed by atoms with E-state index in [9.17, 15) is 22.4 Å². The zero-order chi connectivity index (χ0) is 18.2. The van der Waals surface area contributed by atoms with Crippen molar-refractivity contribution in [3.8, 4) is 0 Å². The standard InChI is InChI=1S/C15H9ClF4N4O/c16-10-3-1-8(5-11(10)17)14(25)21-6-13-23-22-12-4-2-9(7-24(12)13)15(18,19)20/h1-5,7H,6H2,(H,21,25). The monoisotopic (exact) mass is 372 g/mol. The molecule has 130 valence electrons. The van der Waals surface area contributed by atoms with Gasteiger partial charge in [0.25, 0.3) is 5.91 Å². The van der Waals surface area contributed by atoms with Gasteiger partial charge < -0.3 is 5.32 Å². The molecule has 25 heavy (non-hydrogen) atoms. The van der Waals surface area contributed by atoms with Gasteiger partial charge in [0.05, 0.1) is 17.1 Å². The van der Waals surface area contributed by atoms with Gasteiger partial charge in [-0.15, -0.1) is 10.2 Å². The van der Waals surface area contributed by atoms with Crippen molar-refractivity contribution >= 4 is 23.2 Å². The maximum Gasteiger partial charge on any atom is 0.417 e. The number of alkyl halides is 3. The lowest BCUT2D eigenvalue weighted by atomic mass is 10.2. The first-order valence-electron chi connectivity index (χ1n) is 6.90. The van der Waals surface area contributed by atoms with E-state index in [2.05, 4.69) is 15.5 Å². The molecule has 0 aliphatic rings. The van der Waals surface area contributed by atoms with Gasteiger partial charge in [-0.2, -0.15) is 13.2 Å². The van der Waals surface area contributed by atoms with Crippen molar-refractivity contribution in [2.45, 2.75) is 12.7 Å². The van der Waals surface area contributed by atoms with Gasteiger partial charge in [0.2, 0.25) is 0 Å². The number of carbonyl (C=O) groups is 1. The molecular weight excluding hydrogens is 364 g/mol. The molecule has 3 rings (SSSR count). The van der Waals surface area contributed by atoms with Crippen LogP contribution in [0.4, 0.5) is 17.6 Å². The molecule has 0 bridgehead atoms. The second-order valence-electron chi connectivity index (χ2n) is 5.07. The van der Waals surface area contributed by atoms with Crippen LogP contribution in [0.15, 0.2) is 36.5 Å². The number of fused-ring (bicyclic) bond motifs is 1. The first kappa shape index (κ1) is 17.2. The molecule has 0 unspecified atom stereocenters. The van der Waals surface area contributed by atoms with Crippen LogP contribution >= 0.6 is 11.6 Å². The molecule has 2 heterocycles. The van der Waals surface area contributed by atoms with E-state index in [1.54, 1.807) is 0 Å². The van der Waals surface area contributed by atoms with Crippen LogP contribution < -0.4 is 5.32 Å². The van der Waals surface area contributed by atoms with Gasteiger partial charge in [0, 0.05) is 11.8 Å². The third-order valence-electron chi connectivity index (χ3n) is 3.39. The molecule has 2 aromatic heterocycles. The summed E-state index contributed by atoms with van der Waals surface area (Å²) in [5, 5.41) is 9.81. The summed E-state index contributed by atoms with van der Waals surface area (Å²) in [7, 11) is 0. The number of aromatic nitrogens is 3. The molecule has 1 N–H and O–H groups in total. The Hall–Kier alpha value is -2.68. The second kappa shape index (κ2) is 6.32. The van der Waals surface area contributed by atoms with Crippen LogP contribution in [0.3, 0.4) is 0 Å². The molecule has 0 radical (unpaired) electrons. The Bertz CT molecular complexity index is 954. The smallest absolute Gasteiger partial charge is 0.345 e. The Labute approximate surface area is 143 Å². The Morgan fingerprint density at radius 3 is 2.64 bits per heavy atom. The summed E-state index contributed by atoms with van der Waals surface area (Å²) in [6.45, 7) is -0.189. The highest BCUT2D eigenvalue weighted by Gasteiger charge is 2.31. The molecule has 0 spiro atoms. The summed E-state index contributed by atoms with van der Waals surface area (Å²) >= 11 is 5.54. The van der Waals surface area contributed by atoms with Gasteiger partial charge in [-0.05, 0) is 30.3 Å². The largest absolute Gasteiger partial charge is 0.417 e. The van der Waals surface area contributed by atoms with E-state index in [1.165, 1.54) is 18.2 Å². The zero-order valence-electron chi connectivity index (χ0n) is 12.3. The number of hydrogen-bond donors (Lipinski definition) is 1. The Balaban J connectivity index is 1.81. The van der Waals surface area contributed by atoms with Gasteiger partial charge in [0.15, 0.2) is 11.5 Å². The van der Waals surface area contributed by atoms with Gasteiger partial charge in [-0.3, -0.25) is 9.20 Å². The van der Waals surface area contributed by atoms with Crippen molar-refractivity contribution in [3.05, 3.63) is 64.3 Å². The second-order valence-corrected chi connectivity index (χ2v) is 5.48. The number of halogens is 5. The lowest BCUT2D eigenvalue weighted by Gasteiger charge is -2.08. The van der Waals surface area contributed by atoms with Crippen molar-refractivity contribution in [1.29, 1.82) is 0 Å². The molecule has 10 heteroatoms. The predicted molar refractivity (Wildman–Crippen MR) is 80.6 cm³/mol. The fraction of sp³-hybridized carbons (Fsp3) is 0.133. The molecule has 1 amide bonds. The SMILES string of the molecule is O=C(NCc1nnc2ccc(C(F)(F)F)cn12)c1ccc(Cl)c(F)c1. The highest BCUT2D eigenvalue weighted by molar-refractivity contribution is 6.30. The van der Waals surface area contributed by atoms with Crippen LogP contribution in [0.1, 0.15) is 21.7 Å². The molecule has 5 nitrogen and oxygen atoms in total. The molecule has 0 saturated heterocycles. The molecule has 1 aromatic carbocycles. The average Bonchev–Trinajstić information content (AvgIpc) is 2.96. The van der Waals surface area contributed by atoms with Crippen LogP contribution in [0.2, 0.25) is 5.02 Å². The van der Waals surface area contributed by atoms with Gasteiger partial charge in [0.1, 0.15) is 5.82 Å². The molecular formula is C15H9ClF4N4O. The van der Waals surface area contributed by atoms with Crippen LogP contribution in [0.5, 0.6) is 0 Å². The van der Waals surface area contributed by atoms with Crippen molar-refractivity contribution < 1.29 is 22.4 Å². The third-order valence-corrected chi connectivity index (χ3v) is 3.70. The van der Waals surface area contributed by atoms with E-state index in [1.807, 2.05) is 0 Å². The first-order valence-corrected chi connectivity index (χ1v) is 7.27. The van der Waals surface area contributed by atoms with Gasteiger partial charge in [-0.25, -0.2) is 4.39 Å². The predicted octanol–water partition coefficient (Wildman–Crippen LogP) is 3.47. The zero-order valence-corrected chi connectivity index (χ0v) is 13.1. The maximum absolute atomic E-state index is 13.4. The van der Waals surface area contributed by atoms with Gasteiger partial charge in [-0.1, -0.05) is 11.6 Å². The van der Waals surface area contributed by atoms with E-state index in [-0.39, 0.29) is 28.6 Å². The topological polar surface area (TPSA) is 59.3 Å². The summed E-state index contributed by atoms with van der Waals surface area (Å²) in [5.41, 5.74) is -0.645. The average molecular weight is 373 g/mol. The summed E-state index contributed by atoms with van der Waals surface area (Å²) in [6, 6.07) is 5.58. The normalized spacial score (nSPS) is 11.7. The molecule has 0 saturated carbocycles. The Morgan fingerprint density at radius 1 is 1.20 bits per heavy atom. The Kier molecular flexibility index (Phi) is 4.34. The summed E-state index contributed by atoms with van der Waals surface area (Å²) in [4.78, 5) is 12.0. The number of nitrogens with zero attached hydrogens (tertiary/aromatic N) is 3. The number of pyridine rings is 1. The molecule has 0 fully saturated rings. The van der Waals surface area contributed by atoms with E-state index in [4.69, 9.17) is 11.6 Å². The van der Waals surface area contributed by atoms with Crippen LogP contribution in [0.25, 0.3) is 5.65 Å². The van der Waals surface area contributed by atoms with E-state index in [0.29, 0.717) is 0 Å². The van der Waals surface area contributed by atoms with E-state index in [0.717, 1.165) is 22.7 Å². The minimum Gasteiger partial charge on any atom is -0.345 e. The number of nitrogens with one attached hydrogen (secondary N) is 1. The third kappa shape index (κ3) is 3.55. The first-order chi connectivity index (χ1) is 11.8. The number of rotatable bonds is 3. The number of carbonyl (C=O) groups excluding carboxylic acids is 1. The maximum atomic E-state index is 13.4. The summed E-state index contributed by atoms with van der Waals surface area (Å²) in [6.07, 6.45) is -3.67. The number of amides is 1. The van der Waals surface area contributed by atoms with Crippen LogP contribution in [-0.4, -0.2) is 20.5 Å². The molecule has 0 aliphatic heterocycles. The Morgan fingerprint density at radius 2 is 1.96 bits per heavy atom. The molecule has 3 aromatic rings. The van der Waals surface area contributed by atoms with E-state index < -0.39 is 23.5 Å². The van der Waals surface area contributed by atoms with Crippen molar-refractivity contribution in [1.82, 2.24) is 19.9 Å². The van der Waals surface area contributed by atoms with Crippen molar-refractivity contribution in [2.24, 2.45) is 0 Å². The van der Waals surface area contributed by atoms with E-state index >= 15 is 0 Å². The fourth-order valence-electron chi connectivity index (χ4n) is 2.13. The van der Waals surface area contributed by atoms with Crippen molar-refractivity contribution in [2.75, 3.05) is 0 Å². The van der Waals surface area contributed by atoms with Crippen LogP contribution in [0, 0.1) is 5.82 Å².